The van der Waals surface area contributed by atoms with Crippen molar-refractivity contribution in [2.45, 2.75) is 10.8 Å². The van der Waals surface area contributed by atoms with Gasteiger partial charge in [0.1, 0.15) is 4.21 Å². The molecule has 108 valence electrons. The number of rotatable bonds is 5. The van der Waals surface area contributed by atoms with Crippen LogP contribution in [-0.2, 0) is 16.6 Å². The molecular weight excluding hydrogens is 310 g/mol. The predicted octanol–water partition coefficient (Wildman–Crippen LogP) is 2.28. The van der Waals surface area contributed by atoms with Crippen LogP contribution in [0.3, 0.4) is 0 Å². The van der Waals surface area contributed by atoms with Crippen molar-refractivity contribution in [3.8, 4) is 11.3 Å². The highest BCUT2D eigenvalue weighted by Gasteiger charge is 2.18. The predicted molar refractivity (Wildman–Crippen MR) is 78.1 cm³/mol. The van der Waals surface area contributed by atoms with E-state index in [0.29, 0.717) is 11.3 Å². The number of thiophene rings is 1. The van der Waals surface area contributed by atoms with Crippen molar-refractivity contribution in [1.82, 2.24) is 14.9 Å². The normalized spacial score (nSPS) is 11.6. The maximum atomic E-state index is 12.2. The maximum absolute atomic E-state index is 12.2. The molecule has 0 saturated carbocycles. The molecule has 0 amide bonds. The van der Waals surface area contributed by atoms with Gasteiger partial charge in [0.25, 0.3) is 0 Å². The van der Waals surface area contributed by atoms with Crippen molar-refractivity contribution < 1.29 is 12.9 Å². The van der Waals surface area contributed by atoms with Gasteiger partial charge in [0, 0.05) is 35.9 Å². The van der Waals surface area contributed by atoms with E-state index in [0.717, 1.165) is 16.9 Å². The van der Waals surface area contributed by atoms with Crippen LogP contribution in [0.2, 0.25) is 0 Å². The number of hydrogen-bond acceptors (Lipinski definition) is 6. The summed E-state index contributed by atoms with van der Waals surface area (Å²) < 4.78 is 32.2. The smallest absolute Gasteiger partial charge is 0.250 e. The summed E-state index contributed by atoms with van der Waals surface area (Å²) >= 11 is 1.14. The van der Waals surface area contributed by atoms with Gasteiger partial charge in [-0.15, -0.1) is 11.3 Å². The summed E-state index contributed by atoms with van der Waals surface area (Å²) in [6, 6.07) is 6.82. The molecule has 0 aliphatic carbocycles. The fourth-order valence-corrected chi connectivity index (χ4v) is 3.93. The first kappa shape index (κ1) is 13.9. The molecule has 0 saturated heterocycles. The Morgan fingerprint density at radius 2 is 2.19 bits per heavy atom. The Hall–Kier alpha value is -2.03. The molecule has 0 aromatic carbocycles. The fraction of sp³-hybridized carbons (Fsp3) is 0.0769. The average molecular weight is 321 g/mol. The van der Waals surface area contributed by atoms with Crippen LogP contribution in [0.4, 0.5) is 0 Å². The minimum Gasteiger partial charge on any atom is -0.356 e. The highest BCUT2D eigenvalue weighted by atomic mass is 32.2. The molecule has 0 spiro atoms. The van der Waals surface area contributed by atoms with Crippen molar-refractivity contribution in [1.29, 1.82) is 0 Å². The van der Waals surface area contributed by atoms with Crippen molar-refractivity contribution in [3.63, 3.8) is 0 Å². The van der Waals surface area contributed by atoms with Crippen molar-refractivity contribution in [2.24, 2.45) is 0 Å². The van der Waals surface area contributed by atoms with E-state index in [4.69, 9.17) is 4.52 Å². The van der Waals surface area contributed by atoms with E-state index in [9.17, 15) is 8.42 Å². The Labute approximate surface area is 125 Å². The molecular formula is C13H11N3O3S2. The Bertz CT molecular complexity index is 811. The first-order valence-corrected chi connectivity index (χ1v) is 8.39. The van der Waals surface area contributed by atoms with Gasteiger partial charge in [-0.25, -0.2) is 13.1 Å². The number of nitrogens with zero attached hydrogens (tertiary/aromatic N) is 2. The zero-order valence-corrected chi connectivity index (χ0v) is 12.4. The highest BCUT2D eigenvalue weighted by Crippen LogP contribution is 2.28. The summed E-state index contributed by atoms with van der Waals surface area (Å²) in [5.74, 6) is 0.542. The lowest BCUT2D eigenvalue weighted by atomic mass is 10.3. The summed E-state index contributed by atoms with van der Waals surface area (Å²) in [5, 5.41) is 5.32. The number of pyridine rings is 1. The lowest BCUT2D eigenvalue weighted by Gasteiger charge is -2.04. The first-order chi connectivity index (χ1) is 10.1. The van der Waals surface area contributed by atoms with Gasteiger partial charge in [-0.05, 0) is 17.7 Å². The third-order valence-electron chi connectivity index (χ3n) is 2.75. The van der Waals surface area contributed by atoms with Gasteiger partial charge in [0.15, 0.2) is 5.76 Å². The Morgan fingerprint density at radius 3 is 2.90 bits per heavy atom. The molecule has 3 heterocycles. The summed E-state index contributed by atoms with van der Waals surface area (Å²) in [5.41, 5.74) is 1.49. The average Bonchev–Trinajstić information content (AvgIpc) is 3.17. The molecule has 0 aliphatic heterocycles. The van der Waals surface area contributed by atoms with E-state index in [1.54, 1.807) is 36.0 Å². The fourth-order valence-electron chi connectivity index (χ4n) is 1.70. The minimum absolute atomic E-state index is 0.200. The molecule has 6 nitrogen and oxygen atoms in total. The van der Waals surface area contributed by atoms with Crippen LogP contribution in [0.1, 0.15) is 5.56 Å². The van der Waals surface area contributed by atoms with Crippen LogP contribution in [0.25, 0.3) is 11.3 Å². The molecule has 3 aromatic rings. The quantitative estimate of drug-likeness (QED) is 0.779. The third kappa shape index (κ3) is 3.18. The molecule has 3 aromatic heterocycles. The van der Waals surface area contributed by atoms with Crippen molar-refractivity contribution >= 4 is 21.4 Å². The topological polar surface area (TPSA) is 85.1 Å². The van der Waals surface area contributed by atoms with E-state index in [1.165, 1.54) is 6.20 Å². The summed E-state index contributed by atoms with van der Waals surface area (Å²) in [6.07, 6.45) is 4.78. The lowest BCUT2D eigenvalue weighted by Crippen LogP contribution is -2.22. The van der Waals surface area contributed by atoms with Gasteiger partial charge in [-0.1, -0.05) is 11.2 Å². The number of hydrogen-bond donors (Lipinski definition) is 1. The molecule has 0 radical (unpaired) electrons. The first-order valence-electron chi connectivity index (χ1n) is 6.03. The summed E-state index contributed by atoms with van der Waals surface area (Å²) in [7, 11) is -3.55. The number of nitrogens with one attached hydrogen (secondary N) is 1. The highest BCUT2D eigenvalue weighted by molar-refractivity contribution is 7.91. The SMILES string of the molecule is O=S(=O)(NCc1cccnc1)c1cc(-c2ccno2)cs1. The Balaban J connectivity index is 1.76. The van der Waals surface area contributed by atoms with Gasteiger partial charge in [0.2, 0.25) is 10.0 Å². The standard InChI is InChI=1S/C13H11N3O3S2/c17-21(18,16-8-10-2-1-4-14-7-10)13-6-11(9-20-13)12-3-5-15-19-12/h1-7,9,16H,8H2. The largest absolute Gasteiger partial charge is 0.356 e. The molecule has 3 rings (SSSR count). The van der Waals surface area contributed by atoms with Gasteiger partial charge >= 0.3 is 0 Å². The molecule has 8 heteroatoms. The van der Waals surface area contributed by atoms with Crippen LogP contribution in [0, 0.1) is 0 Å². The van der Waals surface area contributed by atoms with Gasteiger partial charge in [-0.3, -0.25) is 4.98 Å². The van der Waals surface area contributed by atoms with E-state index < -0.39 is 10.0 Å². The Morgan fingerprint density at radius 1 is 1.29 bits per heavy atom. The molecule has 0 unspecified atom stereocenters. The third-order valence-corrected chi connectivity index (χ3v) is 5.59. The second kappa shape index (κ2) is 5.76. The number of aromatic nitrogens is 2. The van der Waals surface area contributed by atoms with Crippen LogP contribution in [0.15, 0.2) is 57.0 Å². The van der Waals surface area contributed by atoms with E-state index in [-0.39, 0.29) is 10.8 Å². The molecule has 0 fully saturated rings. The monoisotopic (exact) mass is 321 g/mol. The zero-order valence-electron chi connectivity index (χ0n) is 10.8. The lowest BCUT2D eigenvalue weighted by molar-refractivity contribution is 0.432. The van der Waals surface area contributed by atoms with Gasteiger partial charge in [0.05, 0.1) is 6.20 Å². The molecule has 21 heavy (non-hydrogen) atoms. The van der Waals surface area contributed by atoms with E-state index in [1.807, 2.05) is 6.07 Å². The molecule has 0 atom stereocenters. The summed E-state index contributed by atoms with van der Waals surface area (Å²) in [4.78, 5) is 3.94. The second-order valence-corrected chi connectivity index (χ2v) is 7.12. The van der Waals surface area contributed by atoms with Crippen molar-refractivity contribution in [2.75, 3.05) is 0 Å². The molecule has 1 N–H and O–H groups in total. The van der Waals surface area contributed by atoms with Gasteiger partial charge < -0.3 is 4.52 Å². The van der Waals surface area contributed by atoms with E-state index >= 15 is 0 Å². The van der Waals surface area contributed by atoms with Crippen LogP contribution in [0.5, 0.6) is 0 Å². The zero-order chi connectivity index (χ0) is 14.7. The molecule has 0 aliphatic rings. The van der Waals surface area contributed by atoms with Gasteiger partial charge in [-0.2, -0.15) is 0 Å². The van der Waals surface area contributed by atoms with Crippen LogP contribution < -0.4 is 4.72 Å². The molecule has 0 bridgehead atoms. The Kier molecular flexibility index (Phi) is 3.82. The number of sulfonamides is 1. The van der Waals surface area contributed by atoms with Crippen molar-refractivity contribution in [3.05, 3.63) is 53.8 Å². The van der Waals surface area contributed by atoms with Crippen LogP contribution in [-0.4, -0.2) is 18.6 Å². The van der Waals surface area contributed by atoms with Crippen LogP contribution >= 0.6 is 11.3 Å². The maximum Gasteiger partial charge on any atom is 0.250 e. The summed E-state index contributed by atoms with van der Waals surface area (Å²) in [6.45, 7) is 0.200. The van der Waals surface area contributed by atoms with E-state index in [2.05, 4.69) is 14.9 Å². The minimum atomic E-state index is -3.55. The second-order valence-electron chi connectivity index (χ2n) is 4.22.